The highest BCUT2D eigenvalue weighted by Gasteiger charge is 2.11. The molecule has 1 aromatic rings. The molecule has 1 aromatic carbocycles. The second-order valence-electron chi connectivity index (χ2n) is 3.24. The Morgan fingerprint density at radius 2 is 2.21 bits per heavy atom. The van der Waals surface area contributed by atoms with E-state index in [2.05, 4.69) is 6.07 Å². The van der Waals surface area contributed by atoms with Crippen molar-refractivity contribution in [3.05, 3.63) is 40.8 Å². The topological polar surface area (TPSA) is 44.0 Å². The number of benzene rings is 1. The maximum atomic E-state index is 9.05. The van der Waals surface area contributed by atoms with E-state index in [1.165, 1.54) is 0 Å². The molecule has 0 saturated carbocycles. The Labute approximate surface area is 84.8 Å². The van der Waals surface area contributed by atoms with E-state index in [0.717, 1.165) is 23.5 Å². The lowest BCUT2D eigenvalue weighted by molar-refractivity contribution is 0.314. The summed E-state index contributed by atoms with van der Waals surface area (Å²) in [7, 11) is 0. The lowest BCUT2D eigenvalue weighted by Crippen LogP contribution is -2.05. The Morgan fingerprint density at radius 3 is 2.71 bits per heavy atom. The van der Waals surface area contributed by atoms with Gasteiger partial charge >= 0.3 is 0 Å². The van der Waals surface area contributed by atoms with Crippen LogP contribution in [0.15, 0.2) is 18.2 Å². The lowest BCUT2D eigenvalue weighted by atomic mass is 9.92. The zero-order valence-corrected chi connectivity index (χ0v) is 8.54. The van der Waals surface area contributed by atoms with E-state index in [9.17, 15) is 0 Å². The molecule has 2 nitrogen and oxygen atoms in total. The van der Waals surface area contributed by atoms with Gasteiger partial charge in [-0.25, -0.2) is 0 Å². The molecule has 0 amide bonds. The molecule has 0 unspecified atom stereocenters. The minimum atomic E-state index is 0.0435. The number of rotatable bonds is 3. The fourth-order valence-electron chi connectivity index (χ4n) is 1.56. The van der Waals surface area contributed by atoms with Crippen LogP contribution in [0.25, 0.3) is 0 Å². The third-order valence-electron chi connectivity index (χ3n) is 2.35. The quantitative estimate of drug-likeness (QED) is 0.789. The van der Waals surface area contributed by atoms with Crippen LogP contribution in [0.4, 0.5) is 0 Å². The van der Waals surface area contributed by atoms with Gasteiger partial charge in [0.2, 0.25) is 0 Å². The van der Waals surface area contributed by atoms with Crippen molar-refractivity contribution in [3.63, 3.8) is 0 Å². The molecule has 73 valence electrons. The van der Waals surface area contributed by atoms with E-state index in [-0.39, 0.29) is 6.61 Å². The highest BCUT2D eigenvalue weighted by atomic mass is 16.3. The highest BCUT2D eigenvalue weighted by Crippen LogP contribution is 2.22. The van der Waals surface area contributed by atoms with Crippen LogP contribution in [0.5, 0.6) is 0 Å². The predicted molar refractivity (Wildman–Crippen MR) is 55.6 cm³/mol. The molecule has 1 rings (SSSR count). The van der Waals surface area contributed by atoms with Crippen LogP contribution in [0.2, 0.25) is 0 Å². The van der Waals surface area contributed by atoms with Crippen molar-refractivity contribution in [2.75, 3.05) is 6.61 Å². The number of aliphatic hydroxyl groups excluding tert-OH is 1. The van der Waals surface area contributed by atoms with Crippen molar-refractivity contribution in [2.45, 2.75) is 20.3 Å². The molecule has 14 heavy (non-hydrogen) atoms. The van der Waals surface area contributed by atoms with Crippen molar-refractivity contribution in [1.82, 2.24) is 0 Å². The van der Waals surface area contributed by atoms with Gasteiger partial charge in [-0.2, -0.15) is 5.26 Å². The molecular formula is C12H14NO. The van der Waals surface area contributed by atoms with Crippen LogP contribution >= 0.6 is 0 Å². The normalized spacial score (nSPS) is 10.2. The standard InChI is InChI=1S/C12H14NO/c1-3-11-10(7-13)5-4-6-12(11)9(2)8-14/h4-6,14H,3,8H2,1-2H3. The minimum absolute atomic E-state index is 0.0435. The molecule has 2 heteroatoms. The Balaban J connectivity index is 3.23. The van der Waals surface area contributed by atoms with Crippen molar-refractivity contribution in [2.24, 2.45) is 0 Å². The lowest BCUT2D eigenvalue weighted by Gasteiger charge is -2.13. The SMILES string of the molecule is CCc1c(C#N)cccc1[C](C)CO. The maximum Gasteiger partial charge on any atom is 0.0994 e. The van der Waals surface area contributed by atoms with Crippen LogP contribution < -0.4 is 0 Å². The van der Waals surface area contributed by atoms with Gasteiger partial charge in [0, 0.05) is 5.92 Å². The number of hydrogen-bond acceptors (Lipinski definition) is 2. The summed E-state index contributed by atoms with van der Waals surface area (Å²) in [5, 5.41) is 18.0. The largest absolute Gasteiger partial charge is 0.395 e. The molecule has 0 saturated heterocycles. The Kier molecular flexibility index (Phi) is 3.67. The van der Waals surface area contributed by atoms with Crippen LogP contribution in [-0.4, -0.2) is 11.7 Å². The first kappa shape index (κ1) is 10.7. The summed E-state index contributed by atoms with van der Waals surface area (Å²) in [6.45, 7) is 3.95. The van der Waals surface area contributed by atoms with Gasteiger partial charge in [-0.15, -0.1) is 0 Å². The zero-order chi connectivity index (χ0) is 10.6. The molecule has 0 aliphatic carbocycles. The summed E-state index contributed by atoms with van der Waals surface area (Å²) in [5.74, 6) is 0.916. The molecule has 1 N–H and O–H groups in total. The van der Waals surface area contributed by atoms with E-state index in [4.69, 9.17) is 10.4 Å². The second-order valence-corrected chi connectivity index (χ2v) is 3.24. The van der Waals surface area contributed by atoms with Gasteiger partial charge in [0.15, 0.2) is 0 Å². The number of nitriles is 1. The van der Waals surface area contributed by atoms with E-state index in [1.54, 1.807) is 0 Å². The van der Waals surface area contributed by atoms with Gasteiger partial charge in [0.05, 0.1) is 18.2 Å². The van der Waals surface area contributed by atoms with Crippen LogP contribution in [0, 0.1) is 17.2 Å². The third-order valence-corrected chi connectivity index (χ3v) is 2.35. The Hall–Kier alpha value is -1.33. The molecule has 0 bridgehead atoms. The van der Waals surface area contributed by atoms with E-state index < -0.39 is 0 Å². The smallest absolute Gasteiger partial charge is 0.0994 e. The maximum absolute atomic E-state index is 9.05. The van der Waals surface area contributed by atoms with Gasteiger partial charge in [0.25, 0.3) is 0 Å². The van der Waals surface area contributed by atoms with Gasteiger partial charge in [0.1, 0.15) is 0 Å². The second kappa shape index (κ2) is 4.78. The van der Waals surface area contributed by atoms with E-state index in [0.29, 0.717) is 5.56 Å². The summed E-state index contributed by atoms with van der Waals surface area (Å²) in [6, 6.07) is 7.79. The van der Waals surface area contributed by atoms with Crippen LogP contribution in [0.3, 0.4) is 0 Å². The van der Waals surface area contributed by atoms with Crippen LogP contribution in [0.1, 0.15) is 30.5 Å². The zero-order valence-electron chi connectivity index (χ0n) is 8.54. The molecule has 0 spiro atoms. The van der Waals surface area contributed by atoms with E-state index in [1.807, 2.05) is 32.0 Å². The first-order chi connectivity index (χ1) is 6.74. The van der Waals surface area contributed by atoms with Crippen molar-refractivity contribution in [3.8, 4) is 6.07 Å². The monoisotopic (exact) mass is 188 g/mol. The molecule has 0 aliphatic rings. The fraction of sp³-hybridized carbons (Fsp3) is 0.333. The van der Waals surface area contributed by atoms with Gasteiger partial charge < -0.3 is 5.11 Å². The third kappa shape index (κ3) is 1.94. The number of aliphatic hydroxyl groups is 1. The number of nitrogens with zero attached hydrogens (tertiary/aromatic N) is 1. The Bertz CT molecular complexity index is 352. The fourth-order valence-corrected chi connectivity index (χ4v) is 1.56. The summed E-state index contributed by atoms with van der Waals surface area (Å²) >= 11 is 0. The Morgan fingerprint density at radius 1 is 1.50 bits per heavy atom. The average Bonchev–Trinajstić information content (AvgIpc) is 2.26. The molecule has 1 radical (unpaired) electrons. The summed E-state index contributed by atoms with van der Waals surface area (Å²) < 4.78 is 0. The first-order valence-electron chi connectivity index (χ1n) is 4.70. The molecular weight excluding hydrogens is 174 g/mol. The molecule has 0 fully saturated rings. The summed E-state index contributed by atoms with van der Waals surface area (Å²) in [5.41, 5.74) is 2.74. The van der Waals surface area contributed by atoms with Crippen molar-refractivity contribution >= 4 is 0 Å². The minimum Gasteiger partial charge on any atom is -0.395 e. The first-order valence-corrected chi connectivity index (χ1v) is 4.70. The average molecular weight is 188 g/mol. The predicted octanol–water partition coefficient (Wildman–Crippen LogP) is 2.06. The summed E-state index contributed by atoms with van der Waals surface area (Å²) in [4.78, 5) is 0. The molecule has 0 atom stereocenters. The molecule has 0 aliphatic heterocycles. The van der Waals surface area contributed by atoms with Gasteiger partial charge in [-0.3, -0.25) is 0 Å². The van der Waals surface area contributed by atoms with Gasteiger partial charge in [-0.05, 0) is 23.6 Å². The van der Waals surface area contributed by atoms with Crippen LogP contribution in [-0.2, 0) is 6.42 Å². The van der Waals surface area contributed by atoms with Gasteiger partial charge in [-0.1, -0.05) is 26.0 Å². The highest BCUT2D eigenvalue weighted by molar-refractivity contribution is 5.48. The summed E-state index contributed by atoms with van der Waals surface area (Å²) in [6.07, 6.45) is 0.816. The van der Waals surface area contributed by atoms with E-state index >= 15 is 0 Å². The number of hydrogen-bond donors (Lipinski definition) is 1. The van der Waals surface area contributed by atoms with Crippen molar-refractivity contribution in [1.29, 1.82) is 5.26 Å². The molecule has 0 aromatic heterocycles. The van der Waals surface area contributed by atoms with Crippen molar-refractivity contribution < 1.29 is 5.11 Å². The molecule has 0 heterocycles.